The molecule has 4 nitrogen and oxygen atoms in total. The van der Waals surface area contributed by atoms with E-state index in [9.17, 15) is 9.90 Å². The predicted molar refractivity (Wildman–Crippen MR) is 71.5 cm³/mol. The van der Waals surface area contributed by atoms with Crippen molar-refractivity contribution in [3.63, 3.8) is 0 Å². The lowest BCUT2D eigenvalue weighted by Gasteiger charge is -2.30. The van der Waals surface area contributed by atoms with Crippen LogP contribution in [0.3, 0.4) is 0 Å². The molecule has 0 aromatic carbocycles. The molecule has 2 fully saturated rings. The zero-order valence-corrected chi connectivity index (χ0v) is 11.2. The second-order valence-corrected chi connectivity index (χ2v) is 5.71. The molecule has 1 heterocycles. The first kappa shape index (κ1) is 13.7. The summed E-state index contributed by atoms with van der Waals surface area (Å²) in [5.74, 6) is 0. The summed E-state index contributed by atoms with van der Waals surface area (Å²) in [4.78, 5) is 14.1. The van der Waals surface area contributed by atoms with Crippen LogP contribution in [0, 0.1) is 0 Å². The SMILES string of the molecule is O=C(NC1CCC(O)CC1)N1CCCCCCC1. The maximum atomic E-state index is 12.2. The van der Waals surface area contributed by atoms with Gasteiger partial charge in [0.25, 0.3) is 0 Å². The topological polar surface area (TPSA) is 52.6 Å². The van der Waals surface area contributed by atoms with Crippen molar-refractivity contribution in [3.05, 3.63) is 0 Å². The Labute approximate surface area is 110 Å². The van der Waals surface area contributed by atoms with Crippen molar-refractivity contribution in [2.45, 2.75) is 69.9 Å². The highest BCUT2D eigenvalue weighted by Gasteiger charge is 2.23. The molecule has 2 amide bonds. The third kappa shape index (κ3) is 4.16. The van der Waals surface area contributed by atoms with Crippen molar-refractivity contribution >= 4 is 6.03 Å². The quantitative estimate of drug-likeness (QED) is 0.754. The van der Waals surface area contributed by atoms with Crippen molar-refractivity contribution < 1.29 is 9.90 Å². The first-order chi connectivity index (χ1) is 8.75. The highest BCUT2D eigenvalue weighted by Crippen LogP contribution is 2.19. The Morgan fingerprint density at radius 3 is 2.11 bits per heavy atom. The van der Waals surface area contributed by atoms with Gasteiger partial charge in [0.2, 0.25) is 0 Å². The summed E-state index contributed by atoms with van der Waals surface area (Å²) >= 11 is 0. The van der Waals surface area contributed by atoms with Crippen LogP contribution < -0.4 is 5.32 Å². The Morgan fingerprint density at radius 1 is 0.944 bits per heavy atom. The molecule has 1 saturated carbocycles. The van der Waals surface area contributed by atoms with Crippen LogP contribution in [0.15, 0.2) is 0 Å². The summed E-state index contributed by atoms with van der Waals surface area (Å²) in [5.41, 5.74) is 0. The minimum absolute atomic E-state index is 0.110. The van der Waals surface area contributed by atoms with E-state index < -0.39 is 0 Å². The minimum Gasteiger partial charge on any atom is -0.393 e. The first-order valence-corrected chi connectivity index (χ1v) is 7.49. The molecule has 104 valence electrons. The summed E-state index contributed by atoms with van der Waals surface area (Å²) in [7, 11) is 0. The Kier molecular flexibility index (Phi) is 5.29. The molecule has 1 saturated heterocycles. The van der Waals surface area contributed by atoms with Gasteiger partial charge in [-0.25, -0.2) is 4.79 Å². The molecule has 18 heavy (non-hydrogen) atoms. The van der Waals surface area contributed by atoms with E-state index >= 15 is 0 Å². The highest BCUT2D eigenvalue weighted by molar-refractivity contribution is 5.74. The molecule has 0 unspecified atom stereocenters. The number of aliphatic hydroxyl groups is 1. The maximum absolute atomic E-state index is 12.2. The van der Waals surface area contributed by atoms with Gasteiger partial charge in [-0.3, -0.25) is 0 Å². The summed E-state index contributed by atoms with van der Waals surface area (Å²) < 4.78 is 0. The zero-order valence-electron chi connectivity index (χ0n) is 11.2. The van der Waals surface area contributed by atoms with Crippen LogP contribution in [0.5, 0.6) is 0 Å². The Bertz CT molecular complexity index is 255. The predicted octanol–water partition coefficient (Wildman–Crippen LogP) is 2.27. The number of urea groups is 1. The van der Waals surface area contributed by atoms with Crippen molar-refractivity contribution in [3.8, 4) is 0 Å². The molecule has 4 heteroatoms. The number of likely N-dealkylation sites (tertiary alicyclic amines) is 1. The van der Waals surface area contributed by atoms with Crippen LogP contribution in [0.1, 0.15) is 57.8 Å². The standard InChI is InChI=1S/C14H26N2O2/c17-13-8-6-12(7-9-13)15-14(18)16-10-4-2-1-3-5-11-16/h12-13,17H,1-11H2,(H,15,18). The smallest absolute Gasteiger partial charge is 0.317 e. The fourth-order valence-electron chi connectivity index (χ4n) is 2.94. The molecular formula is C14H26N2O2. The summed E-state index contributed by atoms with van der Waals surface area (Å²) in [6, 6.07) is 0.379. The number of hydrogen-bond donors (Lipinski definition) is 2. The minimum atomic E-state index is -0.153. The zero-order chi connectivity index (χ0) is 12.8. The molecule has 0 aromatic heterocycles. The van der Waals surface area contributed by atoms with Crippen molar-refractivity contribution in [1.29, 1.82) is 0 Å². The lowest BCUT2D eigenvalue weighted by Crippen LogP contribution is -2.47. The summed E-state index contributed by atoms with van der Waals surface area (Å²) in [6.45, 7) is 1.81. The number of nitrogens with zero attached hydrogens (tertiary/aromatic N) is 1. The van der Waals surface area contributed by atoms with Gasteiger partial charge in [0.05, 0.1) is 6.10 Å². The third-order valence-electron chi connectivity index (χ3n) is 4.17. The molecule has 2 N–H and O–H groups in total. The van der Waals surface area contributed by atoms with Gasteiger partial charge in [0.1, 0.15) is 0 Å². The van der Waals surface area contributed by atoms with E-state index in [4.69, 9.17) is 0 Å². The number of rotatable bonds is 1. The fourth-order valence-corrected chi connectivity index (χ4v) is 2.94. The van der Waals surface area contributed by atoms with Gasteiger partial charge in [-0.1, -0.05) is 19.3 Å². The molecule has 0 radical (unpaired) electrons. The van der Waals surface area contributed by atoms with Gasteiger partial charge in [-0.15, -0.1) is 0 Å². The van der Waals surface area contributed by atoms with E-state index in [2.05, 4.69) is 5.32 Å². The lowest BCUT2D eigenvalue weighted by molar-refractivity contribution is 0.115. The van der Waals surface area contributed by atoms with E-state index in [0.29, 0.717) is 0 Å². The normalized spacial score (nSPS) is 30.4. The van der Waals surface area contributed by atoms with Gasteiger partial charge in [-0.2, -0.15) is 0 Å². The van der Waals surface area contributed by atoms with Crippen LogP contribution in [-0.2, 0) is 0 Å². The highest BCUT2D eigenvalue weighted by atomic mass is 16.3. The van der Waals surface area contributed by atoms with E-state index in [0.717, 1.165) is 51.6 Å². The van der Waals surface area contributed by atoms with Crippen LogP contribution in [-0.4, -0.2) is 41.3 Å². The number of carbonyl (C=O) groups excluding carboxylic acids is 1. The van der Waals surface area contributed by atoms with Gasteiger partial charge >= 0.3 is 6.03 Å². The second-order valence-electron chi connectivity index (χ2n) is 5.71. The monoisotopic (exact) mass is 254 g/mol. The Morgan fingerprint density at radius 2 is 1.50 bits per heavy atom. The lowest BCUT2D eigenvalue weighted by atomic mass is 9.93. The second kappa shape index (κ2) is 6.98. The Hall–Kier alpha value is -0.770. The largest absolute Gasteiger partial charge is 0.393 e. The van der Waals surface area contributed by atoms with Crippen LogP contribution in [0.25, 0.3) is 0 Å². The van der Waals surface area contributed by atoms with E-state index in [-0.39, 0.29) is 18.2 Å². The molecule has 1 aliphatic heterocycles. The molecule has 0 aromatic rings. The fraction of sp³-hybridized carbons (Fsp3) is 0.929. The average molecular weight is 254 g/mol. The molecule has 2 aliphatic rings. The average Bonchev–Trinajstić information content (AvgIpc) is 2.31. The number of hydrogen-bond acceptors (Lipinski definition) is 2. The van der Waals surface area contributed by atoms with Crippen molar-refractivity contribution in [2.24, 2.45) is 0 Å². The molecule has 1 aliphatic carbocycles. The summed E-state index contributed by atoms with van der Waals surface area (Å²) in [6.07, 6.45) is 9.42. The summed E-state index contributed by atoms with van der Waals surface area (Å²) in [5, 5.41) is 12.6. The number of nitrogens with one attached hydrogen (secondary N) is 1. The van der Waals surface area contributed by atoms with Crippen molar-refractivity contribution in [1.82, 2.24) is 10.2 Å². The number of amides is 2. The maximum Gasteiger partial charge on any atom is 0.317 e. The van der Waals surface area contributed by atoms with E-state index in [1.165, 1.54) is 19.3 Å². The molecule has 0 bridgehead atoms. The number of carbonyl (C=O) groups is 1. The van der Waals surface area contributed by atoms with E-state index in [1.807, 2.05) is 4.90 Å². The third-order valence-corrected chi connectivity index (χ3v) is 4.17. The van der Waals surface area contributed by atoms with Gasteiger partial charge in [-0.05, 0) is 38.5 Å². The molecule has 0 atom stereocenters. The van der Waals surface area contributed by atoms with E-state index in [1.54, 1.807) is 0 Å². The molecule has 0 spiro atoms. The van der Waals surface area contributed by atoms with Crippen LogP contribution >= 0.6 is 0 Å². The van der Waals surface area contributed by atoms with Crippen LogP contribution in [0.4, 0.5) is 4.79 Å². The number of aliphatic hydroxyl groups excluding tert-OH is 1. The van der Waals surface area contributed by atoms with Gasteiger partial charge in [0.15, 0.2) is 0 Å². The molecular weight excluding hydrogens is 228 g/mol. The molecule has 2 rings (SSSR count). The first-order valence-electron chi connectivity index (χ1n) is 7.49. The van der Waals surface area contributed by atoms with Gasteiger partial charge < -0.3 is 15.3 Å². The van der Waals surface area contributed by atoms with Crippen LogP contribution in [0.2, 0.25) is 0 Å². The Balaban J connectivity index is 1.75. The van der Waals surface area contributed by atoms with Gasteiger partial charge in [0, 0.05) is 19.1 Å². The van der Waals surface area contributed by atoms with Crippen molar-refractivity contribution in [2.75, 3.05) is 13.1 Å².